The molecule has 0 amide bonds. The van der Waals surface area contributed by atoms with Gasteiger partial charge in [-0.3, -0.25) is 0 Å². The minimum absolute atomic E-state index is 0.347. The Hall–Kier alpha value is -2.19. The third kappa shape index (κ3) is 4.99. The standard InChI is InChI=1S/C19H17ClF3N3OS/c1-12(27-16-8-4-7-15(20)10-16)17-24-25-18(26(17)2)28-11-13-5-3-6-14(9-13)19(21,22)23/h3-10,12H,11H2,1-2H3. The van der Waals surface area contributed by atoms with E-state index in [2.05, 4.69) is 10.2 Å². The van der Waals surface area contributed by atoms with Gasteiger partial charge in [0.2, 0.25) is 0 Å². The fourth-order valence-corrected chi connectivity index (χ4v) is 3.63. The number of thioether (sulfide) groups is 1. The Morgan fingerprint density at radius 3 is 2.61 bits per heavy atom. The van der Waals surface area contributed by atoms with Gasteiger partial charge in [-0.1, -0.05) is 47.6 Å². The number of nitrogens with zero attached hydrogens (tertiary/aromatic N) is 3. The Labute approximate surface area is 169 Å². The lowest BCUT2D eigenvalue weighted by molar-refractivity contribution is -0.137. The molecule has 3 aromatic rings. The van der Waals surface area contributed by atoms with E-state index in [1.807, 2.05) is 6.92 Å². The summed E-state index contributed by atoms with van der Waals surface area (Å²) in [4.78, 5) is 0. The maximum Gasteiger partial charge on any atom is 0.416 e. The predicted molar refractivity (Wildman–Crippen MR) is 103 cm³/mol. The molecule has 1 unspecified atom stereocenters. The Kier molecular flexibility index (Phi) is 6.20. The summed E-state index contributed by atoms with van der Waals surface area (Å²) in [7, 11) is 1.79. The van der Waals surface area contributed by atoms with E-state index in [9.17, 15) is 13.2 Å². The second-order valence-electron chi connectivity index (χ2n) is 6.10. The maximum atomic E-state index is 12.8. The molecule has 0 aliphatic rings. The largest absolute Gasteiger partial charge is 0.483 e. The Bertz CT molecular complexity index is 962. The van der Waals surface area contributed by atoms with Crippen LogP contribution in [-0.2, 0) is 19.0 Å². The average molecular weight is 428 g/mol. The van der Waals surface area contributed by atoms with Gasteiger partial charge >= 0.3 is 6.18 Å². The smallest absolute Gasteiger partial charge is 0.416 e. The molecule has 0 saturated heterocycles. The number of alkyl halides is 3. The molecule has 9 heteroatoms. The van der Waals surface area contributed by atoms with E-state index in [0.29, 0.717) is 33.1 Å². The molecule has 148 valence electrons. The first-order valence-electron chi connectivity index (χ1n) is 8.34. The molecule has 3 rings (SSSR count). The van der Waals surface area contributed by atoms with Gasteiger partial charge in [0.25, 0.3) is 0 Å². The average Bonchev–Trinajstić information content (AvgIpc) is 3.00. The van der Waals surface area contributed by atoms with E-state index < -0.39 is 11.7 Å². The van der Waals surface area contributed by atoms with Crippen molar-refractivity contribution < 1.29 is 17.9 Å². The number of benzene rings is 2. The van der Waals surface area contributed by atoms with Crippen LogP contribution in [0, 0.1) is 0 Å². The highest BCUT2D eigenvalue weighted by molar-refractivity contribution is 7.98. The van der Waals surface area contributed by atoms with Crippen molar-refractivity contribution >= 4 is 23.4 Å². The lowest BCUT2D eigenvalue weighted by atomic mass is 10.1. The van der Waals surface area contributed by atoms with E-state index in [-0.39, 0.29) is 6.10 Å². The molecular weight excluding hydrogens is 411 g/mol. The zero-order chi connectivity index (χ0) is 20.3. The molecule has 4 nitrogen and oxygen atoms in total. The molecule has 0 radical (unpaired) electrons. The maximum absolute atomic E-state index is 12.8. The fourth-order valence-electron chi connectivity index (χ4n) is 2.59. The zero-order valence-electron chi connectivity index (χ0n) is 15.1. The van der Waals surface area contributed by atoms with Gasteiger partial charge in [-0.15, -0.1) is 10.2 Å². The normalized spacial score (nSPS) is 12.8. The molecule has 0 spiro atoms. The summed E-state index contributed by atoms with van der Waals surface area (Å²) >= 11 is 7.27. The van der Waals surface area contributed by atoms with Crippen LogP contribution in [0.5, 0.6) is 5.75 Å². The second kappa shape index (κ2) is 8.45. The number of aromatic nitrogens is 3. The van der Waals surface area contributed by atoms with E-state index in [0.717, 1.165) is 12.1 Å². The lowest BCUT2D eigenvalue weighted by Crippen LogP contribution is -2.10. The van der Waals surface area contributed by atoms with Crippen LogP contribution >= 0.6 is 23.4 Å². The summed E-state index contributed by atoms with van der Waals surface area (Å²) in [5.41, 5.74) is -0.0969. The summed E-state index contributed by atoms with van der Waals surface area (Å²) < 4.78 is 46.1. The SMILES string of the molecule is CC(Oc1cccc(Cl)c1)c1nnc(SCc2cccc(C(F)(F)F)c2)n1C. The fraction of sp³-hybridized carbons (Fsp3) is 0.263. The number of rotatable bonds is 6. The molecule has 0 N–H and O–H groups in total. The Morgan fingerprint density at radius 1 is 1.14 bits per heavy atom. The third-order valence-corrected chi connectivity index (χ3v) is 5.29. The van der Waals surface area contributed by atoms with Gasteiger partial charge in [0, 0.05) is 17.8 Å². The molecule has 0 aliphatic carbocycles. The first-order valence-corrected chi connectivity index (χ1v) is 9.71. The van der Waals surface area contributed by atoms with Crippen molar-refractivity contribution in [2.45, 2.75) is 30.1 Å². The molecule has 0 bridgehead atoms. The molecule has 0 aliphatic heterocycles. The minimum Gasteiger partial charge on any atom is -0.483 e. The highest BCUT2D eigenvalue weighted by Crippen LogP contribution is 2.31. The summed E-state index contributed by atoms with van der Waals surface area (Å²) in [6, 6.07) is 12.3. The van der Waals surface area contributed by atoms with Crippen molar-refractivity contribution in [3.63, 3.8) is 0 Å². The van der Waals surface area contributed by atoms with E-state index in [4.69, 9.17) is 16.3 Å². The van der Waals surface area contributed by atoms with Gasteiger partial charge < -0.3 is 9.30 Å². The number of hydrogen-bond donors (Lipinski definition) is 0. The topological polar surface area (TPSA) is 39.9 Å². The van der Waals surface area contributed by atoms with Gasteiger partial charge in [0.1, 0.15) is 5.75 Å². The van der Waals surface area contributed by atoms with Crippen LogP contribution in [0.25, 0.3) is 0 Å². The molecule has 1 atom stereocenters. The summed E-state index contributed by atoms with van der Waals surface area (Å²) in [5, 5.41) is 9.45. The number of hydrogen-bond acceptors (Lipinski definition) is 4. The quantitative estimate of drug-likeness (QED) is 0.458. The molecule has 2 aromatic carbocycles. The Balaban J connectivity index is 1.68. The zero-order valence-corrected chi connectivity index (χ0v) is 16.6. The number of halogens is 4. The van der Waals surface area contributed by atoms with Crippen LogP contribution in [0.1, 0.15) is 30.0 Å². The van der Waals surface area contributed by atoms with Crippen molar-refractivity contribution in [1.82, 2.24) is 14.8 Å². The molecule has 0 saturated carbocycles. The summed E-state index contributed by atoms with van der Waals surface area (Å²) in [6.07, 6.45) is -4.73. The highest BCUT2D eigenvalue weighted by Gasteiger charge is 2.30. The molecule has 1 heterocycles. The summed E-state index contributed by atoms with van der Waals surface area (Å²) in [5.74, 6) is 1.56. The Morgan fingerprint density at radius 2 is 1.89 bits per heavy atom. The monoisotopic (exact) mass is 427 g/mol. The molecular formula is C19H17ClF3N3OS. The van der Waals surface area contributed by atoms with Crippen LogP contribution in [-0.4, -0.2) is 14.8 Å². The van der Waals surface area contributed by atoms with Crippen LogP contribution < -0.4 is 4.74 Å². The van der Waals surface area contributed by atoms with Crippen molar-refractivity contribution in [2.24, 2.45) is 7.05 Å². The summed E-state index contributed by atoms with van der Waals surface area (Å²) in [6.45, 7) is 1.84. The van der Waals surface area contributed by atoms with Crippen molar-refractivity contribution in [1.29, 1.82) is 0 Å². The van der Waals surface area contributed by atoms with Crippen LogP contribution in [0.3, 0.4) is 0 Å². The van der Waals surface area contributed by atoms with Gasteiger partial charge in [-0.25, -0.2) is 0 Å². The molecule has 0 fully saturated rings. The number of ether oxygens (including phenoxy) is 1. The highest BCUT2D eigenvalue weighted by atomic mass is 35.5. The van der Waals surface area contributed by atoms with E-state index in [1.165, 1.54) is 17.8 Å². The van der Waals surface area contributed by atoms with Gasteiger partial charge in [-0.2, -0.15) is 13.2 Å². The third-order valence-electron chi connectivity index (χ3n) is 3.96. The lowest BCUT2D eigenvalue weighted by Gasteiger charge is -2.14. The molecule has 28 heavy (non-hydrogen) atoms. The molecule has 1 aromatic heterocycles. The van der Waals surface area contributed by atoms with Gasteiger partial charge in [-0.05, 0) is 36.8 Å². The minimum atomic E-state index is -4.36. The first-order chi connectivity index (χ1) is 13.2. The van der Waals surface area contributed by atoms with Crippen molar-refractivity contribution in [3.8, 4) is 5.75 Å². The predicted octanol–water partition coefficient (Wildman–Crippen LogP) is 5.92. The van der Waals surface area contributed by atoms with E-state index in [1.54, 1.807) is 41.9 Å². The van der Waals surface area contributed by atoms with E-state index >= 15 is 0 Å². The second-order valence-corrected chi connectivity index (χ2v) is 7.48. The van der Waals surface area contributed by atoms with Crippen LogP contribution in [0.2, 0.25) is 5.02 Å². The van der Waals surface area contributed by atoms with Crippen LogP contribution in [0.15, 0.2) is 53.7 Å². The first kappa shape index (κ1) is 20.5. The van der Waals surface area contributed by atoms with Crippen LogP contribution in [0.4, 0.5) is 13.2 Å². The van der Waals surface area contributed by atoms with Crippen molar-refractivity contribution in [2.75, 3.05) is 0 Å². The van der Waals surface area contributed by atoms with Gasteiger partial charge in [0.15, 0.2) is 17.1 Å². The van der Waals surface area contributed by atoms with Crippen molar-refractivity contribution in [3.05, 3.63) is 70.5 Å². The van der Waals surface area contributed by atoms with Gasteiger partial charge in [0.05, 0.1) is 5.56 Å².